The van der Waals surface area contributed by atoms with Gasteiger partial charge >= 0.3 is 0 Å². The van der Waals surface area contributed by atoms with Gasteiger partial charge in [0.15, 0.2) is 5.82 Å². The van der Waals surface area contributed by atoms with Crippen molar-refractivity contribution < 1.29 is 0 Å². The van der Waals surface area contributed by atoms with Crippen molar-refractivity contribution in [1.82, 2.24) is 24.8 Å². The van der Waals surface area contributed by atoms with Crippen LogP contribution >= 0.6 is 0 Å². The van der Waals surface area contributed by atoms with E-state index in [1.165, 1.54) is 0 Å². The van der Waals surface area contributed by atoms with E-state index in [-0.39, 0.29) is 0 Å². The maximum atomic E-state index is 4.52. The molecule has 1 saturated heterocycles. The van der Waals surface area contributed by atoms with Gasteiger partial charge in [-0.1, -0.05) is 0 Å². The number of likely N-dealkylation sites (N-methyl/N-ethyl adjacent to an activating group) is 1. The van der Waals surface area contributed by atoms with Gasteiger partial charge in [0.2, 0.25) is 0 Å². The molecule has 3 heterocycles. The van der Waals surface area contributed by atoms with Crippen LogP contribution in [0.15, 0.2) is 18.5 Å². The molecule has 1 aliphatic rings. The molecule has 1 fully saturated rings. The Morgan fingerprint density at radius 3 is 2.95 bits per heavy atom. The van der Waals surface area contributed by atoms with Gasteiger partial charge in [-0.05, 0) is 13.0 Å². The predicted octanol–water partition coefficient (Wildman–Crippen LogP) is 0.379. The normalized spacial score (nSPS) is 16.7. The summed E-state index contributed by atoms with van der Waals surface area (Å²) in [5, 5.41) is 7.82. The van der Waals surface area contributed by atoms with Gasteiger partial charge < -0.3 is 10.2 Å². The average Bonchev–Trinajstić information content (AvgIpc) is 2.85. The van der Waals surface area contributed by atoms with Crippen molar-refractivity contribution in [2.75, 3.05) is 51.2 Å². The highest BCUT2D eigenvalue weighted by atomic mass is 15.3. The SMILES string of the molecule is Cc1cc2c(N(C)CCN3CCNCC3)nccn2n1. The third kappa shape index (κ3) is 2.76. The van der Waals surface area contributed by atoms with Crippen molar-refractivity contribution in [3.05, 3.63) is 24.2 Å². The van der Waals surface area contributed by atoms with E-state index < -0.39 is 0 Å². The molecule has 0 bridgehead atoms. The number of aromatic nitrogens is 3. The molecule has 3 rings (SSSR count). The topological polar surface area (TPSA) is 48.7 Å². The molecular formula is C14H22N6. The highest BCUT2D eigenvalue weighted by Crippen LogP contribution is 2.17. The first-order valence-corrected chi connectivity index (χ1v) is 7.19. The first kappa shape index (κ1) is 13.3. The maximum absolute atomic E-state index is 4.52. The third-order valence-corrected chi connectivity index (χ3v) is 3.81. The lowest BCUT2D eigenvalue weighted by Gasteiger charge is -2.29. The molecule has 0 aromatic carbocycles. The van der Waals surface area contributed by atoms with Gasteiger partial charge in [0.05, 0.1) is 5.69 Å². The summed E-state index contributed by atoms with van der Waals surface area (Å²) in [6.07, 6.45) is 3.71. The van der Waals surface area contributed by atoms with Crippen molar-refractivity contribution in [1.29, 1.82) is 0 Å². The van der Waals surface area contributed by atoms with Crippen LogP contribution in [0.2, 0.25) is 0 Å². The van der Waals surface area contributed by atoms with Crippen LogP contribution in [0.1, 0.15) is 5.69 Å². The molecule has 2 aromatic heterocycles. The average molecular weight is 274 g/mol. The van der Waals surface area contributed by atoms with Gasteiger partial charge in [0, 0.05) is 58.7 Å². The molecule has 6 heteroatoms. The zero-order valence-electron chi connectivity index (χ0n) is 12.2. The highest BCUT2D eigenvalue weighted by molar-refractivity contribution is 5.68. The lowest BCUT2D eigenvalue weighted by molar-refractivity contribution is 0.246. The van der Waals surface area contributed by atoms with Crippen LogP contribution in [0.4, 0.5) is 5.82 Å². The fraction of sp³-hybridized carbons (Fsp3) is 0.571. The Kier molecular flexibility index (Phi) is 3.84. The lowest BCUT2D eigenvalue weighted by atomic mass is 10.3. The van der Waals surface area contributed by atoms with E-state index in [1.807, 2.05) is 23.8 Å². The minimum absolute atomic E-state index is 0.983. The lowest BCUT2D eigenvalue weighted by Crippen LogP contribution is -2.46. The first-order chi connectivity index (χ1) is 9.74. The molecule has 2 aromatic rings. The van der Waals surface area contributed by atoms with Crippen molar-refractivity contribution in [3.8, 4) is 0 Å². The number of fused-ring (bicyclic) bond motifs is 1. The quantitative estimate of drug-likeness (QED) is 0.873. The highest BCUT2D eigenvalue weighted by Gasteiger charge is 2.13. The van der Waals surface area contributed by atoms with Crippen LogP contribution < -0.4 is 10.2 Å². The summed E-state index contributed by atoms with van der Waals surface area (Å²) in [5.74, 6) is 1.00. The summed E-state index contributed by atoms with van der Waals surface area (Å²) in [6.45, 7) is 8.54. The molecular weight excluding hydrogens is 252 g/mol. The van der Waals surface area contributed by atoms with E-state index in [0.29, 0.717) is 0 Å². The molecule has 108 valence electrons. The second kappa shape index (κ2) is 5.76. The molecule has 0 unspecified atom stereocenters. The molecule has 1 N–H and O–H groups in total. The van der Waals surface area contributed by atoms with E-state index in [1.54, 1.807) is 0 Å². The molecule has 0 amide bonds. The monoisotopic (exact) mass is 274 g/mol. The molecule has 20 heavy (non-hydrogen) atoms. The molecule has 0 saturated carbocycles. The number of hydrogen-bond acceptors (Lipinski definition) is 5. The summed E-state index contributed by atoms with van der Waals surface area (Å²) in [4.78, 5) is 9.23. The summed E-state index contributed by atoms with van der Waals surface area (Å²) in [6, 6.07) is 2.09. The van der Waals surface area contributed by atoms with Crippen molar-refractivity contribution >= 4 is 11.3 Å². The van der Waals surface area contributed by atoms with Gasteiger partial charge in [-0.3, -0.25) is 4.90 Å². The Hall–Kier alpha value is -1.66. The number of piperazine rings is 1. The second-order valence-electron chi connectivity index (χ2n) is 5.38. The number of rotatable bonds is 4. The Morgan fingerprint density at radius 1 is 1.35 bits per heavy atom. The van der Waals surface area contributed by atoms with Crippen molar-refractivity contribution in [2.45, 2.75) is 6.92 Å². The van der Waals surface area contributed by atoms with Gasteiger partial charge in [-0.2, -0.15) is 5.10 Å². The minimum Gasteiger partial charge on any atom is -0.357 e. The van der Waals surface area contributed by atoms with E-state index in [2.05, 4.69) is 38.3 Å². The van der Waals surface area contributed by atoms with Crippen LogP contribution in [0.5, 0.6) is 0 Å². The van der Waals surface area contributed by atoms with Crippen LogP contribution in [-0.4, -0.2) is 65.8 Å². The van der Waals surface area contributed by atoms with Crippen LogP contribution in [0, 0.1) is 6.92 Å². The van der Waals surface area contributed by atoms with Gasteiger partial charge in [0.25, 0.3) is 0 Å². The number of aryl methyl sites for hydroxylation is 1. The number of nitrogens with zero attached hydrogens (tertiary/aromatic N) is 5. The minimum atomic E-state index is 0.983. The fourth-order valence-corrected chi connectivity index (χ4v) is 2.66. The van der Waals surface area contributed by atoms with E-state index in [4.69, 9.17) is 0 Å². The smallest absolute Gasteiger partial charge is 0.154 e. The van der Waals surface area contributed by atoms with Crippen LogP contribution in [0.3, 0.4) is 0 Å². The first-order valence-electron chi connectivity index (χ1n) is 7.19. The second-order valence-corrected chi connectivity index (χ2v) is 5.38. The van der Waals surface area contributed by atoms with E-state index in [9.17, 15) is 0 Å². The van der Waals surface area contributed by atoms with Gasteiger partial charge in [0.1, 0.15) is 5.52 Å². The molecule has 0 aliphatic carbocycles. The van der Waals surface area contributed by atoms with Crippen LogP contribution in [-0.2, 0) is 0 Å². The number of nitrogens with one attached hydrogen (secondary N) is 1. The summed E-state index contributed by atoms with van der Waals surface area (Å²) in [5.41, 5.74) is 2.10. The van der Waals surface area contributed by atoms with E-state index in [0.717, 1.165) is 56.3 Å². The molecule has 6 nitrogen and oxygen atoms in total. The van der Waals surface area contributed by atoms with E-state index >= 15 is 0 Å². The van der Waals surface area contributed by atoms with Gasteiger partial charge in [-0.25, -0.2) is 9.50 Å². The Bertz CT molecular complexity index is 572. The third-order valence-electron chi connectivity index (χ3n) is 3.81. The summed E-state index contributed by atoms with van der Waals surface area (Å²) in [7, 11) is 2.10. The number of anilines is 1. The zero-order chi connectivity index (χ0) is 13.9. The molecule has 0 radical (unpaired) electrons. The molecule has 1 aliphatic heterocycles. The standard InChI is InChI=1S/C14H22N6/c1-12-11-13-14(16-5-8-20(13)17-12)18(2)9-10-19-6-3-15-4-7-19/h5,8,11,15H,3-4,6-7,9-10H2,1-2H3. The predicted molar refractivity (Wildman–Crippen MR) is 80.3 cm³/mol. The maximum Gasteiger partial charge on any atom is 0.154 e. The molecule has 0 spiro atoms. The summed E-state index contributed by atoms with van der Waals surface area (Å²) >= 11 is 0. The number of hydrogen-bond donors (Lipinski definition) is 1. The van der Waals surface area contributed by atoms with Crippen LogP contribution in [0.25, 0.3) is 5.52 Å². The van der Waals surface area contributed by atoms with Gasteiger partial charge in [-0.15, -0.1) is 0 Å². The van der Waals surface area contributed by atoms with Crippen molar-refractivity contribution in [2.24, 2.45) is 0 Å². The Morgan fingerprint density at radius 2 is 2.15 bits per heavy atom. The largest absolute Gasteiger partial charge is 0.357 e. The fourth-order valence-electron chi connectivity index (χ4n) is 2.66. The Labute approximate surface area is 119 Å². The van der Waals surface area contributed by atoms with Crippen molar-refractivity contribution in [3.63, 3.8) is 0 Å². The molecule has 0 atom stereocenters. The Balaban J connectivity index is 1.70. The zero-order valence-corrected chi connectivity index (χ0v) is 12.2. The summed E-state index contributed by atoms with van der Waals surface area (Å²) < 4.78 is 1.90.